The molecule has 1 unspecified atom stereocenters. The van der Waals surface area contributed by atoms with E-state index in [-0.39, 0.29) is 24.0 Å². The van der Waals surface area contributed by atoms with Crippen LogP contribution in [0.25, 0.3) is 0 Å². The molecule has 1 aromatic heterocycles. The van der Waals surface area contributed by atoms with Gasteiger partial charge in [-0.25, -0.2) is 10.8 Å². The first kappa shape index (κ1) is 12.5. The van der Waals surface area contributed by atoms with Crippen molar-refractivity contribution in [2.45, 2.75) is 18.9 Å². The van der Waals surface area contributed by atoms with Crippen molar-refractivity contribution in [1.29, 1.82) is 0 Å². The van der Waals surface area contributed by atoms with E-state index in [1.807, 2.05) is 0 Å². The molecule has 0 bridgehead atoms. The van der Waals surface area contributed by atoms with Gasteiger partial charge in [-0.1, -0.05) is 0 Å². The summed E-state index contributed by atoms with van der Waals surface area (Å²) in [6.45, 7) is 2.46. The molecule has 2 heterocycles. The fourth-order valence-electron chi connectivity index (χ4n) is 1.92. The quantitative estimate of drug-likeness (QED) is 0.378. The number of hydrogen-bond donors (Lipinski definition) is 3. The van der Waals surface area contributed by atoms with Gasteiger partial charge in [0.05, 0.1) is 10.5 Å². The van der Waals surface area contributed by atoms with Crippen molar-refractivity contribution in [3.05, 3.63) is 16.3 Å². The molecule has 2 rings (SSSR count). The summed E-state index contributed by atoms with van der Waals surface area (Å²) in [6, 6.07) is 0. The summed E-state index contributed by atoms with van der Waals surface area (Å²) in [7, 11) is 0. The zero-order chi connectivity index (χ0) is 13.3. The average Bonchev–Trinajstić information content (AvgIpc) is 2.68. The summed E-state index contributed by atoms with van der Waals surface area (Å²) in [5.74, 6) is 5.45. The Morgan fingerprint density at radius 3 is 2.94 bits per heavy atom. The Morgan fingerprint density at radius 2 is 2.44 bits per heavy atom. The van der Waals surface area contributed by atoms with Crippen molar-refractivity contribution in [2.24, 2.45) is 5.84 Å². The highest BCUT2D eigenvalue weighted by molar-refractivity contribution is 5.59. The van der Waals surface area contributed by atoms with Gasteiger partial charge in [0.15, 0.2) is 0 Å². The highest BCUT2D eigenvalue weighted by atomic mass is 16.6. The van der Waals surface area contributed by atoms with Crippen LogP contribution in [0, 0.1) is 10.1 Å². The average molecular weight is 254 g/mol. The van der Waals surface area contributed by atoms with Crippen LogP contribution in [0.1, 0.15) is 13.3 Å². The molecule has 9 heteroatoms. The first-order chi connectivity index (χ1) is 8.43. The number of nitro groups is 1. The second kappa shape index (κ2) is 4.35. The Hall–Kier alpha value is -2.00. The van der Waals surface area contributed by atoms with Crippen molar-refractivity contribution < 1.29 is 10.0 Å². The zero-order valence-electron chi connectivity index (χ0n) is 9.83. The smallest absolute Gasteiger partial charge is 0.329 e. The minimum atomic E-state index is -0.866. The Morgan fingerprint density at radius 1 is 1.72 bits per heavy atom. The lowest BCUT2D eigenvalue weighted by Gasteiger charge is -2.19. The molecule has 1 aliphatic rings. The molecule has 4 N–H and O–H groups in total. The number of nitrogens with one attached hydrogen (secondary N) is 1. The minimum Gasteiger partial charge on any atom is -0.388 e. The van der Waals surface area contributed by atoms with E-state index in [4.69, 9.17) is 5.84 Å². The van der Waals surface area contributed by atoms with Crippen LogP contribution in [0.3, 0.4) is 0 Å². The van der Waals surface area contributed by atoms with Gasteiger partial charge in [-0.05, 0) is 13.3 Å². The van der Waals surface area contributed by atoms with Gasteiger partial charge in [-0.3, -0.25) is 15.5 Å². The molecule has 9 nitrogen and oxygen atoms in total. The maximum atomic E-state index is 10.9. The zero-order valence-corrected chi connectivity index (χ0v) is 9.83. The van der Waals surface area contributed by atoms with Gasteiger partial charge in [0.1, 0.15) is 6.20 Å². The molecule has 1 aromatic rings. The molecule has 0 aliphatic carbocycles. The highest BCUT2D eigenvalue weighted by Gasteiger charge is 2.35. The van der Waals surface area contributed by atoms with E-state index >= 15 is 0 Å². The van der Waals surface area contributed by atoms with E-state index in [0.717, 1.165) is 6.20 Å². The van der Waals surface area contributed by atoms with Crippen molar-refractivity contribution in [1.82, 2.24) is 9.97 Å². The third-order valence-electron chi connectivity index (χ3n) is 2.83. The third kappa shape index (κ3) is 2.31. The Labute approximate surface area is 103 Å². The van der Waals surface area contributed by atoms with Crippen LogP contribution in [0.15, 0.2) is 6.20 Å². The van der Waals surface area contributed by atoms with Crippen LogP contribution in [0.2, 0.25) is 0 Å². The fourth-order valence-corrected chi connectivity index (χ4v) is 1.92. The summed E-state index contributed by atoms with van der Waals surface area (Å²) >= 11 is 0. The normalized spacial score (nSPS) is 23.2. The highest BCUT2D eigenvalue weighted by Crippen LogP contribution is 2.31. The molecule has 1 saturated heterocycles. The summed E-state index contributed by atoms with van der Waals surface area (Å²) in [4.78, 5) is 19.7. The molecular formula is C9H14N6O3. The topological polar surface area (TPSA) is 130 Å². The lowest BCUT2D eigenvalue weighted by atomic mass is 10.1. The molecule has 18 heavy (non-hydrogen) atoms. The predicted molar refractivity (Wildman–Crippen MR) is 64.0 cm³/mol. The monoisotopic (exact) mass is 254 g/mol. The van der Waals surface area contributed by atoms with Crippen LogP contribution in [0.4, 0.5) is 17.5 Å². The SMILES string of the molecule is CC1(O)CCN(c2nc(NN)ncc2[N+](=O)[O-])C1. The van der Waals surface area contributed by atoms with E-state index in [0.29, 0.717) is 13.0 Å². The molecule has 1 fully saturated rings. The standard InChI is InChI=1S/C9H14N6O3/c1-9(16)2-3-14(5-9)7-6(15(17)18)4-11-8(12-7)13-10/h4,16H,2-3,5,10H2,1H3,(H,11,12,13). The number of nitrogens with two attached hydrogens (primary N) is 1. The molecule has 98 valence electrons. The largest absolute Gasteiger partial charge is 0.388 e. The Balaban J connectivity index is 2.38. The first-order valence-corrected chi connectivity index (χ1v) is 5.38. The number of nitrogen functional groups attached to an aromatic ring is 1. The van der Waals surface area contributed by atoms with Crippen molar-refractivity contribution in [3.8, 4) is 0 Å². The van der Waals surface area contributed by atoms with Gasteiger partial charge in [-0.2, -0.15) is 4.98 Å². The number of rotatable bonds is 3. The molecule has 1 aliphatic heterocycles. The second-order valence-electron chi connectivity index (χ2n) is 4.47. The number of β-amino-alcohol motifs (C(OH)–C–C–N with tert-alkyl or cyclic N) is 1. The van der Waals surface area contributed by atoms with Crippen LogP contribution >= 0.6 is 0 Å². The maximum Gasteiger partial charge on any atom is 0.329 e. The molecule has 0 amide bonds. The molecule has 0 spiro atoms. The molecule has 0 aromatic carbocycles. The second-order valence-corrected chi connectivity index (χ2v) is 4.47. The third-order valence-corrected chi connectivity index (χ3v) is 2.83. The summed E-state index contributed by atoms with van der Waals surface area (Å²) < 4.78 is 0. The first-order valence-electron chi connectivity index (χ1n) is 5.38. The van der Waals surface area contributed by atoms with Crippen molar-refractivity contribution in [3.63, 3.8) is 0 Å². The minimum absolute atomic E-state index is 0.0992. The van der Waals surface area contributed by atoms with Crippen LogP contribution in [0.5, 0.6) is 0 Å². The van der Waals surface area contributed by atoms with Gasteiger partial charge in [-0.15, -0.1) is 0 Å². The van der Waals surface area contributed by atoms with Gasteiger partial charge in [0.2, 0.25) is 11.8 Å². The van der Waals surface area contributed by atoms with E-state index in [1.165, 1.54) is 0 Å². The molecule has 0 saturated carbocycles. The van der Waals surface area contributed by atoms with E-state index in [1.54, 1.807) is 11.8 Å². The lowest BCUT2D eigenvalue weighted by molar-refractivity contribution is -0.384. The predicted octanol–water partition coefficient (Wildman–Crippen LogP) is -0.369. The summed E-state index contributed by atoms with van der Waals surface area (Å²) in [5.41, 5.74) is 1.18. The number of hydrogen-bond acceptors (Lipinski definition) is 8. The van der Waals surface area contributed by atoms with Crippen molar-refractivity contribution in [2.75, 3.05) is 23.4 Å². The fraction of sp³-hybridized carbons (Fsp3) is 0.556. The van der Waals surface area contributed by atoms with Gasteiger partial charge < -0.3 is 10.0 Å². The number of nitrogens with zero attached hydrogens (tertiary/aromatic N) is 4. The molecular weight excluding hydrogens is 240 g/mol. The van der Waals surface area contributed by atoms with Gasteiger partial charge in [0.25, 0.3) is 0 Å². The number of aliphatic hydroxyl groups is 1. The van der Waals surface area contributed by atoms with E-state index in [2.05, 4.69) is 15.4 Å². The van der Waals surface area contributed by atoms with Crippen LogP contribution in [-0.2, 0) is 0 Å². The van der Waals surface area contributed by atoms with E-state index in [9.17, 15) is 15.2 Å². The Bertz CT molecular complexity index is 477. The summed E-state index contributed by atoms with van der Waals surface area (Å²) in [6.07, 6.45) is 1.63. The lowest BCUT2D eigenvalue weighted by Crippen LogP contribution is -2.30. The van der Waals surface area contributed by atoms with E-state index < -0.39 is 10.5 Å². The number of aromatic nitrogens is 2. The number of hydrazine groups is 1. The maximum absolute atomic E-state index is 10.9. The van der Waals surface area contributed by atoms with Gasteiger partial charge >= 0.3 is 5.69 Å². The van der Waals surface area contributed by atoms with Crippen LogP contribution < -0.4 is 16.2 Å². The van der Waals surface area contributed by atoms with Crippen LogP contribution in [-0.4, -0.2) is 38.7 Å². The number of anilines is 2. The van der Waals surface area contributed by atoms with Crippen molar-refractivity contribution >= 4 is 17.5 Å². The summed E-state index contributed by atoms with van der Waals surface area (Å²) in [5, 5.41) is 20.8. The molecule has 0 radical (unpaired) electrons. The van der Waals surface area contributed by atoms with Gasteiger partial charge in [0, 0.05) is 13.1 Å². The Kier molecular flexibility index (Phi) is 3.01. The molecule has 1 atom stereocenters.